The van der Waals surface area contributed by atoms with Gasteiger partial charge in [0.05, 0.1) is 22.6 Å². The third-order valence-corrected chi connectivity index (χ3v) is 8.47. The Balaban J connectivity index is 1.81. The number of sulfonamides is 1. The summed E-state index contributed by atoms with van der Waals surface area (Å²) in [5.41, 5.74) is 6.98. The summed E-state index contributed by atoms with van der Waals surface area (Å²) in [6.45, 7) is 1.39. The topological polar surface area (TPSA) is 160 Å². The van der Waals surface area contributed by atoms with Crippen LogP contribution in [0.4, 0.5) is 5.00 Å². The number of nitrogens with zero attached hydrogens (tertiary/aromatic N) is 4. The molecule has 0 bridgehead atoms. The normalized spacial score (nSPS) is 13.6. The summed E-state index contributed by atoms with van der Waals surface area (Å²) in [7, 11) is -1.96. The molecule has 2 amide bonds. The van der Waals surface area contributed by atoms with Crippen molar-refractivity contribution in [3.05, 3.63) is 45.8 Å². The first-order valence-electron chi connectivity index (χ1n) is 10.5. The van der Waals surface area contributed by atoms with Crippen LogP contribution >= 0.6 is 11.3 Å². The maximum Gasteiger partial charge on any atom is 0.256 e. The van der Waals surface area contributed by atoms with Crippen LogP contribution in [0.15, 0.2) is 29.2 Å². The van der Waals surface area contributed by atoms with Crippen LogP contribution in [-0.2, 0) is 23.0 Å². The smallest absolute Gasteiger partial charge is 0.256 e. The van der Waals surface area contributed by atoms with Gasteiger partial charge in [-0.1, -0.05) is 0 Å². The minimum absolute atomic E-state index is 0.00603. The molecule has 1 aromatic heterocycles. The average molecular weight is 501 g/mol. The SMILES string of the molecule is CN1CCc2c(sc(NC(=O)c3ccc(S(=O)(=O)N(CCC#N)CCC#N)cc3)c2C(N)=O)C1. The molecule has 0 saturated heterocycles. The summed E-state index contributed by atoms with van der Waals surface area (Å²) >= 11 is 1.31. The van der Waals surface area contributed by atoms with Crippen molar-refractivity contribution in [1.82, 2.24) is 9.21 Å². The number of carbonyl (C=O) groups is 2. The first-order valence-corrected chi connectivity index (χ1v) is 12.7. The number of carbonyl (C=O) groups excluding carboxylic acids is 2. The van der Waals surface area contributed by atoms with Gasteiger partial charge in [-0.15, -0.1) is 11.3 Å². The monoisotopic (exact) mass is 500 g/mol. The largest absolute Gasteiger partial charge is 0.365 e. The van der Waals surface area contributed by atoms with Gasteiger partial charge in [0.15, 0.2) is 0 Å². The number of nitrogens with one attached hydrogen (secondary N) is 1. The molecule has 1 aliphatic rings. The Bertz CT molecular complexity index is 1250. The van der Waals surface area contributed by atoms with Crippen molar-refractivity contribution >= 4 is 38.2 Å². The molecule has 0 radical (unpaired) electrons. The summed E-state index contributed by atoms with van der Waals surface area (Å²) in [5, 5.41) is 20.7. The number of fused-ring (bicyclic) bond motifs is 1. The van der Waals surface area contributed by atoms with E-state index in [4.69, 9.17) is 16.3 Å². The van der Waals surface area contributed by atoms with Crippen molar-refractivity contribution in [2.24, 2.45) is 5.73 Å². The predicted octanol–water partition coefficient (Wildman–Crippen LogP) is 1.91. The van der Waals surface area contributed by atoms with Crippen LogP contribution in [0.1, 0.15) is 44.0 Å². The molecule has 0 saturated carbocycles. The van der Waals surface area contributed by atoms with E-state index in [0.29, 0.717) is 23.5 Å². The highest BCUT2D eigenvalue weighted by molar-refractivity contribution is 7.89. The first-order chi connectivity index (χ1) is 16.2. The third-order valence-electron chi connectivity index (χ3n) is 5.42. The highest BCUT2D eigenvalue weighted by Gasteiger charge is 2.27. The van der Waals surface area contributed by atoms with Crippen LogP contribution in [0.3, 0.4) is 0 Å². The number of thiophene rings is 1. The minimum atomic E-state index is -3.94. The molecule has 1 aromatic carbocycles. The zero-order valence-electron chi connectivity index (χ0n) is 18.6. The highest BCUT2D eigenvalue weighted by Crippen LogP contribution is 2.36. The molecule has 3 N–H and O–H groups in total. The lowest BCUT2D eigenvalue weighted by Crippen LogP contribution is -2.32. The second kappa shape index (κ2) is 10.8. The molecule has 1 aliphatic heterocycles. The molecule has 2 heterocycles. The minimum Gasteiger partial charge on any atom is -0.365 e. The van der Waals surface area contributed by atoms with Crippen LogP contribution in [0.25, 0.3) is 0 Å². The van der Waals surface area contributed by atoms with Gasteiger partial charge in [-0.2, -0.15) is 14.8 Å². The second-order valence-corrected chi connectivity index (χ2v) is 10.8. The third kappa shape index (κ3) is 5.43. The van der Waals surface area contributed by atoms with Gasteiger partial charge in [0.1, 0.15) is 5.00 Å². The summed E-state index contributed by atoms with van der Waals surface area (Å²) in [6, 6.07) is 9.16. The van der Waals surface area contributed by atoms with Gasteiger partial charge in [-0.05, 0) is 43.3 Å². The van der Waals surface area contributed by atoms with E-state index >= 15 is 0 Å². The molecule has 178 valence electrons. The number of benzene rings is 1. The van der Waals surface area contributed by atoms with Gasteiger partial charge in [0.2, 0.25) is 10.0 Å². The molecule has 0 spiro atoms. The van der Waals surface area contributed by atoms with E-state index in [1.807, 2.05) is 19.2 Å². The maximum atomic E-state index is 12.9. The average Bonchev–Trinajstić information content (AvgIpc) is 3.16. The standard InChI is InChI=1S/C22H24N6O4S2/c1-27-13-8-17-18(14-27)33-22(19(17)20(25)29)26-21(30)15-4-6-16(7-5-15)34(31,32)28(11-2-9-23)12-3-10-24/h4-7H,2-3,8,11-14H2,1H3,(H2,25,29)(H,26,30). The van der Waals surface area contributed by atoms with Crippen molar-refractivity contribution in [2.75, 3.05) is 32.0 Å². The Hall–Kier alpha value is -3.29. The quantitative estimate of drug-likeness (QED) is 0.531. The van der Waals surface area contributed by atoms with E-state index in [1.165, 1.54) is 35.6 Å². The molecular weight excluding hydrogens is 476 g/mol. The Morgan fingerprint density at radius 2 is 1.79 bits per heavy atom. The number of rotatable bonds is 9. The number of likely N-dealkylation sites (N-methyl/N-ethyl adjacent to an activating group) is 1. The van der Waals surface area contributed by atoms with Crippen molar-refractivity contribution in [1.29, 1.82) is 10.5 Å². The fourth-order valence-electron chi connectivity index (χ4n) is 3.68. The van der Waals surface area contributed by atoms with Gasteiger partial charge in [-0.25, -0.2) is 8.42 Å². The zero-order valence-corrected chi connectivity index (χ0v) is 20.2. The van der Waals surface area contributed by atoms with Gasteiger partial charge in [-0.3, -0.25) is 9.59 Å². The van der Waals surface area contributed by atoms with E-state index in [0.717, 1.165) is 21.3 Å². The first kappa shape index (κ1) is 25.3. The Morgan fingerprint density at radius 1 is 1.18 bits per heavy atom. The van der Waals surface area contributed by atoms with Crippen LogP contribution in [0, 0.1) is 22.7 Å². The number of anilines is 1. The fraction of sp³-hybridized carbons (Fsp3) is 0.364. The van der Waals surface area contributed by atoms with Gasteiger partial charge < -0.3 is 16.0 Å². The Morgan fingerprint density at radius 3 is 2.35 bits per heavy atom. The fourth-order valence-corrected chi connectivity index (χ4v) is 6.45. The number of nitrogens with two attached hydrogens (primary N) is 1. The van der Waals surface area contributed by atoms with E-state index < -0.39 is 21.8 Å². The molecule has 10 nitrogen and oxygen atoms in total. The second-order valence-electron chi connectivity index (χ2n) is 7.76. The lowest BCUT2D eigenvalue weighted by Gasteiger charge is -2.22. The lowest BCUT2D eigenvalue weighted by molar-refractivity contribution is 0.1000. The molecule has 0 fully saturated rings. The van der Waals surface area contributed by atoms with Gasteiger partial charge >= 0.3 is 0 Å². The summed E-state index contributed by atoms with van der Waals surface area (Å²) < 4.78 is 26.9. The molecule has 0 aliphatic carbocycles. The number of hydrogen-bond donors (Lipinski definition) is 2. The van der Waals surface area contributed by atoms with Gasteiger partial charge in [0, 0.05) is 49.5 Å². The Kier molecular flexibility index (Phi) is 8.02. The van der Waals surface area contributed by atoms with E-state index in [-0.39, 0.29) is 36.4 Å². The Labute approximate surface area is 202 Å². The van der Waals surface area contributed by atoms with Crippen LogP contribution in [0.5, 0.6) is 0 Å². The van der Waals surface area contributed by atoms with Crippen molar-refractivity contribution in [3.8, 4) is 12.1 Å². The van der Waals surface area contributed by atoms with Crippen LogP contribution in [-0.4, -0.2) is 56.1 Å². The molecule has 12 heteroatoms. The van der Waals surface area contributed by atoms with E-state index in [9.17, 15) is 18.0 Å². The lowest BCUT2D eigenvalue weighted by atomic mass is 10.0. The van der Waals surface area contributed by atoms with Crippen LogP contribution in [0.2, 0.25) is 0 Å². The molecule has 2 aromatic rings. The summed E-state index contributed by atoms with van der Waals surface area (Å²) in [4.78, 5) is 28.0. The predicted molar refractivity (Wildman–Crippen MR) is 126 cm³/mol. The maximum absolute atomic E-state index is 12.9. The summed E-state index contributed by atoms with van der Waals surface area (Å²) in [5.74, 6) is -1.10. The molecule has 3 rings (SSSR count). The number of amides is 2. The van der Waals surface area contributed by atoms with Crippen molar-refractivity contribution in [3.63, 3.8) is 0 Å². The van der Waals surface area contributed by atoms with E-state index in [2.05, 4.69) is 10.2 Å². The highest BCUT2D eigenvalue weighted by atomic mass is 32.2. The van der Waals surface area contributed by atoms with Crippen LogP contribution < -0.4 is 11.1 Å². The van der Waals surface area contributed by atoms with Crippen molar-refractivity contribution < 1.29 is 18.0 Å². The number of primary amides is 1. The zero-order chi connectivity index (χ0) is 24.9. The molecule has 0 unspecified atom stereocenters. The molecule has 0 atom stereocenters. The number of hydrogen-bond acceptors (Lipinski definition) is 8. The van der Waals surface area contributed by atoms with Gasteiger partial charge in [0.25, 0.3) is 11.8 Å². The molecule has 34 heavy (non-hydrogen) atoms. The molecular formula is C22H24N6O4S2. The van der Waals surface area contributed by atoms with E-state index in [1.54, 1.807) is 0 Å². The number of nitriles is 2. The summed E-state index contributed by atoms with van der Waals surface area (Å²) in [6.07, 6.45) is 0.652. The van der Waals surface area contributed by atoms with Crippen molar-refractivity contribution in [2.45, 2.75) is 30.7 Å².